The third-order valence-corrected chi connectivity index (χ3v) is 4.46. The van der Waals surface area contributed by atoms with Crippen LogP contribution in [-0.2, 0) is 6.54 Å². The SMILES string of the molecule is O=C(c1cnc2ccccc2n1)N1CCN(Cc2cccnc2)CC1. The topological polar surface area (TPSA) is 62.2 Å². The van der Waals surface area contributed by atoms with Crippen molar-refractivity contribution < 1.29 is 4.79 Å². The van der Waals surface area contributed by atoms with E-state index in [1.165, 1.54) is 5.56 Å². The fourth-order valence-electron chi connectivity index (χ4n) is 3.08. The molecule has 25 heavy (non-hydrogen) atoms. The molecule has 1 aromatic carbocycles. The second-order valence-electron chi connectivity index (χ2n) is 6.17. The van der Waals surface area contributed by atoms with E-state index in [2.05, 4.69) is 25.9 Å². The molecule has 1 saturated heterocycles. The van der Waals surface area contributed by atoms with E-state index in [9.17, 15) is 4.79 Å². The molecule has 1 fully saturated rings. The number of hydrogen-bond donors (Lipinski definition) is 0. The molecular weight excluding hydrogens is 314 g/mol. The van der Waals surface area contributed by atoms with Crippen LogP contribution in [0.3, 0.4) is 0 Å². The summed E-state index contributed by atoms with van der Waals surface area (Å²) < 4.78 is 0. The van der Waals surface area contributed by atoms with Crippen LogP contribution in [0.5, 0.6) is 0 Å². The van der Waals surface area contributed by atoms with E-state index in [0.29, 0.717) is 18.8 Å². The number of hydrogen-bond acceptors (Lipinski definition) is 5. The van der Waals surface area contributed by atoms with Crippen LogP contribution in [0.1, 0.15) is 16.1 Å². The average Bonchev–Trinajstić information content (AvgIpc) is 2.68. The predicted molar refractivity (Wildman–Crippen MR) is 95.0 cm³/mol. The zero-order valence-electron chi connectivity index (χ0n) is 13.9. The number of carbonyl (C=O) groups excluding carboxylic acids is 1. The monoisotopic (exact) mass is 333 g/mol. The minimum Gasteiger partial charge on any atom is -0.335 e. The zero-order chi connectivity index (χ0) is 17.1. The molecule has 0 unspecified atom stereocenters. The Kier molecular flexibility index (Phi) is 4.35. The first kappa shape index (κ1) is 15.7. The fourth-order valence-corrected chi connectivity index (χ4v) is 3.08. The molecule has 0 N–H and O–H groups in total. The molecule has 1 amide bonds. The van der Waals surface area contributed by atoms with Gasteiger partial charge in [0.25, 0.3) is 5.91 Å². The molecule has 0 aliphatic carbocycles. The Morgan fingerprint density at radius 2 is 1.76 bits per heavy atom. The zero-order valence-corrected chi connectivity index (χ0v) is 13.9. The molecule has 1 aliphatic heterocycles. The van der Waals surface area contributed by atoms with E-state index in [0.717, 1.165) is 30.7 Å². The second-order valence-corrected chi connectivity index (χ2v) is 6.17. The number of carbonyl (C=O) groups is 1. The van der Waals surface area contributed by atoms with E-state index in [-0.39, 0.29) is 5.91 Å². The molecule has 3 heterocycles. The molecular formula is C19H19N5O. The molecule has 0 bridgehead atoms. The molecule has 2 aromatic heterocycles. The van der Waals surface area contributed by atoms with Gasteiger partial charge in [-0.2, -0.15) is 0 Å². The third kappa shape index (κ3) is 3.49. The molecule has 6 nitrogen and oxygen atoms in total. The van der Waals surface area contributed by atoms with Crippen molar-refractivity contribution in [1.82, 2.24) is 24.8 Å². The fraction of sp³-hybridized carbons (Fsp3) is 0.263. The highest BCUT2D eigenvalue weighted by molar-refractivity contribution is 5.93. The van der Waals surface area contributed by atoms with Crippen LogP contribution in [0.4, 0.5) is 0 Å². The van der Waals surface area contributed by atoms with Crippen LogP contribution < -0.4 is 0 Å². The summed E-state index contributed by atoms with van der Waals surface area (Å²) in [7, 11) is 0. The maximum absolute atomic E-state index is 12.7. The number of rotatable bonds is 3. The average molecular weight is 333 g/mol. The molecule has 0 saturated carbocycles. The van der Waals surface area contributed by atoms with Gasteiger partial charge in [0.05, 0.1) is 17.2 Å². The normalized spacial score (nSPS) is 15.4. The van der Waals surface area contributed by atoms with E-state index in [1.807, 2.05) is 41.4 Å². The molecule has 126 valence electrons. The van der Waals surface area contributed by atoms with Crippen LogP contribution in [-0.4, -0.2) is 56.8 Å². The summed E-state index contributed by atoms with van der Waals surface area (Å²) in [6, 6.07) is 11.6. The highest BCUT2D eigenvalue weighted by atomic mass is 16.2. The van der Waals surface area contributed by atoms with Gasteiger partial charge in [-0.1, -0.05) is 18.2 Å². The summed E-state index contributed by atoms with van der Waals surface area (Å²) in [5, 5.41) is 0. The summed E-state index contributed by atoms with van der Waals surface area (Å²) in [5.74, 6) is -0.0423. The first-order chi connectivity index (χ1) is 12.3. The predicted octanol–water partition coefficient (Wildman–Crippen LogP) is 1.98. The highest BCUT2D eigenvalue weighted by Crippen LogP contribution is 2.13. The number of para-hydroxylation sites is 2. The van der Waals surface area contributed by atoms with Crippen molar-refractivity contribution >= 4 is 16.9 Å². The van der Waals surface area contributed by atoms with Gasteiger partial charge in [-0.25, -0.2) is 4.98 Å². The maximum atomic E-state index is 12.7. The quantitative estimate of drug-likeness (QED) is 0.733. The second kappa shape index (κ2) is 6.94. The van der Waals surface area contributed by atoms with Gasteiger partial charge in [-0.05, 0) is 23.8 Å². The van der Waals surface area contributed by atoms with Crippen molar-refractivity contribution in [3.05, 3.63) is 66.2 Å². The molecule has 6 heteroatoms. The Hall–Kier alpha value is -2.86. The summed E-state index contributed by atoms with van der Waals surface area (Å²) in [4.78, 5) is 29.9. The van der Waals surface area contributed by atoms with Crippen molar-refractivity contribution in [2.75, 3.05) is 26.2 Å². The van der Waals surface area contributed by atoms with Gasteiger partial charge >= 0.3 is 0 Å². The lowest BCUT2D eigenvalue weighted by Crippen LogP contribution is -2.48. The lowest BCUT2D eigenvalue weighted by Gasteiger charge is -2.34. The number of nitrogens with zero attached hydrogens (tertiary/aromatic N) is 5. The van der Waals surface area contributed by atoms with Crippen LogP contribution in [0.25, 0.3) is 11.0 Å². The third-order valence-electron chi connectivity index (χ3n) is 4.46. The Labute approximate surface area is 146 Å². The Morgan fingerprint density at radius 1 is 0.960 bits per heavy atom. The Morgan fingerprint density at radius 3 is 2.52 bits per heavy atom. The molecule has 0 atom stereocenters. The van der Waals surface area contributed by atoms with Gasteiger partial charge in [0.2, 0.25) is 0 Å². The van der Waals surface area contributed by atoms with Gasteiger partial charge in [0, 0.05) is 45.1 Å². The maximum Gasteiger partial charge on any atom is 0.274 e. The van der Waals surface area contributed by atoms with Crippen molar-refractivity contribution in [3.63, 3.8) is 0 Å². The van der Waals surface area contributed by atoms with E-state index < -0.39 is 0 Å². The van der Waals surface area contributed by atoms with Crippen molar-refractivity contribution in [1.29, 1.82) is 0 Å². The minimum absolute atomic E-state index is 0.0423. The molecule has 0 spiro atoms. The van der Waals surface area contributed by atoms with Gasteiger partial charge in [-0.15, -0.1) is 0 Å². The van der Waals surface area contributed by atoms with Crippen LogP contribution in [0, 0.1) is 0 Å². The van der Waals surface area contributed by atoms with Gasteiger partial charge in [0.15, 0.2) is 0 Å². The van der Waals surface area contributed by atoms with Crippen molar-refractivity contribution in [2.45, 2.75) is 6.54 Å². The first-order valence-electron chi connectivity index (χ1n) is 8.42. The minimum atomic E-state index is -0.0423. The molecule has 3 aromatic rings. The van der Waals surface area contributed by atoms with Crippen molar-refractivity contribution in [3.8, 4) is 0 Å². The van der Waals surface area contributed by atoms with Gasteiger partial charge in [0.1, 0.15) is 5.69 Å². The molecule has 1 aliphatic rings. The molecule has 0 radical (unpaired) electrons. The standard InChI is InChI=1S/C19H19N5O/c25-19(18-13-21-16-5-1-2-6-17(16)22-18)24-10-8-23(9-11-24)14-15-4-3-7-20-12-15/h1-7,12-13H,8-11,14H2. The Balaban J connectivity index is 1.40. The number of amides is 1. The lowest BCUT2D eigenvalue weighted by atomic mass is 10.2. The van der Waals surface area contributed by atoms with E-state index in [4.69, 9.17) is 0 Å². The van der Waals surface area contributed by atoms with Crippen LogP contribution in [0.15, 0.2) is 55.0 Å². The first-order valence-corrected chi connectivity index (χ1v) is 8.42. The number of benzene rings is 1. The summed E-state index contributed by atoms with van der Waals surface area (Å²) in [5.41, 5.74) is 3.17. The number of pyridine rings is 1. The van der Waals surface area contributed by atoms with E-state index >= 15 is 0 Å². The number of aromatic nitrogens is 3. The summed E-state index contributed by atoms with van der Waals surface area (Å²) >= 11 is 0. The largest absolute Gasteiger partial charge is 0.335 e. The molecule has 4 rings (SSSR count). The van der Waals surface area contributed by atoms with Crippen molar-refractivity contribution in [2.24, 2.45) is 0 Å². The van der Waals surface area contributed by atoms with Crippen LogP contribution in [0.2, 0.25) is 0 Å². The summed E-state index contributed by atoms with van der Waals surface area (Å²) in [6.07, 6.45) is 5.25. The van der Waals surface area contributed by atoms with E-state index in [1.54, 1.807) is 12.4 Å². The lowest BCUT2D eigenvalue weighted by molar-refractivity contribution is 0.0622. The Bertz CT molecular complexity index is 875. The smallest absolute Gasteiger partial charge is 0.274 e. The van der Waals surface area contributed by atoms with Crippen LogP contribution >= 0.6 is 0 Å². The highest BCUT2D eigenvalue weighted by Gasteiger charge is 2.23. The number of fused-ring (bicyclic) bond motifs is 1. The van der Waals surface area contributed by atoms with Gasteiger partial charge in [-0.3, -0.25) is 19.7 Å². The summed E-state index contributed by atoms with van der Waals surface area (Å²) in [6.45, 7) is 3.97. The number of piperazine rings is 1. The van der Waals surface area contributed by atoms with Gasteiger partial charge < -0.3 is 4.90 Å².